The number of aryl methyl sites for hydroxylation is 1. The molecule has 8 rings (SSSR count). The Kier molecular flexibility index (Phi) is 16.6. The van der Waals surface area contributed by atoms with Gasteiger partial charge in [0.25, 0.3) is 0 Å². The van der Waals surface area contributed by atoms with Crippen molar-refractivity contribution < 1.29 is 39.1 Å². The number of aromatic nitrogens is 3. The van der Waals surface area contributed by atoms with Crippen LogP contribution in [-0.2, 0) is 52.3 Å². The van der Waals surface area contributed by atoms with Gasteiger partial charge in [-0.1, -0.05) is 57.2 Å². The summed E-state index contributed by atoms with van der Waals surface area (Å²) in [7, 11) is 0. The maximum Gasteiger partial charge on any atom is 3.00 e. The molecule has 8 heteroatoms. The van der Waals surface area contributed by atoms with E-state index < -0.39 is 0 Å². The Labute approximate surface area is 346 Å². The molecule has 0 spiro atoms. The zero-order chi connectivity index (χ0) is 38.2. The van der Waals surface area contributed by atoms with Crippen molar-refractivity contribution in [2.24, 2.45) is 10.8 Å². The van der Waals surface area contributed by atoms with Gasteiger partial charge in [0.15, 0.2) is 0 Å². The quantitative estimate of drug-likeness (QED) is 0.107. The minimum Gasteiger partial charge on any atom is -0.385 e. The van der Waals surface area contributed by atoms with Crippen LogP contribution in [0.25, 0.3) is 33.8 Å². The van der Waals surface area contributed by atoms with E-state index in [1.54, 1.807) is 18.6 Å². The minimum atomic E-state index is 0. The molecule has 0 unspecified atom stereocenters. The van der Waals surface area contributed by atoms with Gasteiger partial charge in [-0.05, 0) is 48.1 Å². The van der Waals surface area contributed by atoms with Crippen LogP contribution in [0.3, 0.4) is 0 Å². The van der Waals surface area contributed by atoms with E-state index in [1.165, 1.54) is 5.56 Å². The van der Waals surface area contributed by atoms with Crippen LogP contribution in [-0.4, -0.2) is 54.6 Å². The van der Waals surface area contributed by atoms with Gasteiger partial charge in [-0.15, -0.1) is 106 Å². The predicted molar refractivity (Wildman–Crippen MR) is 217 cm³/mol. The van der Waals surface area contributed by atoms with E-state index in [9.17, 15) is 0 Å². The van der Waals surface area contributed by atoms with E-state index in [0.717, 1.165) is 97.4 Å². The SMILES string of the molecule is CCC1(COCc2c[c-]c(-c3ccccn3)cc2)COC1.CCC1(COCc2c[c-]c(-c3ccccn3)cc2)COC1.Cc1c[c-]c(-c2ccccn2)cc1.[Ir+3]. The number of hydrogen-bond donors (Lipinski definition) is 0. The Morgan fingerprint density at radius 3 is 1.20 bits per heavy atom. The van der Waals surface area contributed by atoms with Gasteiger partial charge < -0.3 is 33.9 Å². The van der Waals surface area contributed by atoms with E-state index in [2.05, 4.69) is 72.1 Å². The molecule has 2 aliphatic heterocycles. The van der Waals surface area contributed by atoms with Crippen LogP contribution in [0.4, 0.5) is 0 Å². The number of benzene rings is 3. The molecule has 0 bridgehead atoms. The van der Waals surface area contributed by atoms with Gasteiger partial charge in [-0.2, -0.15) is 0 Å². The van der Waals surface area contributed by atoms with E-state index in [4.69, 9.17) is 18.9 Å². The third-order valence-corrected chi connectivity index (χ3v) is 10.0. The summed E-state index contributed by atoms with van der Waals surface area (Å²) in [4.78, 5) is 12.9. The first-order valence-electron chi connectivity index (χ1n) is 19.0. The number of pyridine rings is 3. The third kappa shape index (κ3) is 12.3. The predicted octanol–water partition coefficient (Wildman–Crippen LogP) is 9.84. The van der Waals surface area contributed by atoms with Crippen LogP contribution in [0.1, 0.15) is 43.4 Å². The summed E-state index contributed by atoms with van der Waals surface area (Å²) in [6.07, 6.45) is 7.61. The molecule has 2 fully saturated rings. The number of ether oxygens (including phenoxy) is 4. The molecule has 0 N–H and O–H groups in total. The molecule has 0 atom stereocenters. The van der Waals surface area contributed by atoms with Gasteiger partial charge in [0.2, 0.25) is 0 Å². The van der Waals surface area contributed by atoms with E-state index >= 15 is 0 Å². The van der Waals surface area contributed by atoms with Gasteiger partial charge in [-0.3, -0.25) is 0 Å². The van der Waals surface area contributed by atoms with Gasteiger partial charge in [0.05, 0.1) is 39.6 Å². The van der Waals surface area contributed by atoms with Gasteiger partial charge >= 0.3 is 20.1 Å². The molecular weight excluding hydrogens is 875 g/mol. The Bertz CT molecular complexity index is 1850. The summed E-state index contributed by atoms with van der Waals surface area (Å²) < 4.78 is 22.3. The van der Waals surface area contributed by atoms with Crippen LogP contribution >= 0.6 is 0 Å². The van der Waals surface area contributed by atoms with Gasteiger partial charge in [-0.25, -0.2) is 0 Å². The van der Waals surface area contributed by atoms with Crippen molar-refractivity contribution in [3.8, 4) is 33.8 Å². The zero-order valence-electron chi connectivity index (χ0n) is 32.5. The molecule has 3 aromatic heterocycles. The Balaban J connectivity index is 0.000000164. The third-order valence-electron chi connectivity index (χ3n) is 10.0. The van der Waals surface area contributed by atoms with Crippen LogP contribution < -0.4 is 0 Å². The monoisotopic (exact) mass is 925 g/mol. The molecular formula is C48H50IrN3O4. The van der Waals surface area contributed by atoms with Crippen LogP contribution in [0.5, 0.6) is 0 Å². The number of hydrogen-bond acceptors (Lipinski definition) is 7. The summed E-state index contributed by atoms with van der Waals surface area (Å²) in [5.74, 6) is 0. The smallest absolute Gasteiger partial charge is 0.385 e. The second-order valence-corrected chi connectivity index (χ2v) is 14.3. The summed E-state index contributed by atoms with van der Waals surface area (Å²) >= 11 is 0. The summed E-state index contributed by atoms with van der Waals surface area (Å²) in [5.41, 5.74) is 9.93. The molecule has 0 radical (unpaired) electrons. The summed E-state index contributed by atoms with van der Waals surface area (Å²) in [6, 6.07) is 45.7. The second-order valence-electron chi connectivity index (χ2n) is 14.3. The summed E-state index contributed by atoms with van der Waals surface area (Å²) in [6.45, 7) is 12.5. The molecule has 0 saturated carbocycles. The first kappa shape index (κ1) is 42.7. The average Bonchev–Trinajstić information content (AvgIpc) is 3.22. The van der Waals surface area contributed by atoms with Crippen LogP contribution in [0.15, 0.2) is 128 Å². The molecule has 2 saturated heterocycles. The summed E-state index contributed by atoms with van der Waals surface area (Å²) in [5, 5.41) is 0. The fourth-order valence-corrected chi connectivity index (χ4v) is 5.97. The van der Waals surface area contributed by atoms with Crippen molar-refractivity contribution in [3.63, 3.8) is 0 Å². The number of rotatable bonds is 13. The molecule has 2 aliphatic rings. The van der Waals surface area contributed by atoms with Crippen molar-refractivity contribution in [2.45, 2.75) is 46.8 Å². The van der Waals surface area contributed by atoms with Crippen molar-refractivity contribution in [2.75, 3.05) is 39.6 Å². The van der Waals surface area contributed by atoms with Gasteiger partial charge in [0.1, 0.15) is 0 Å². The van der Waals surface area contributed by atoms with E-state index in [0.29, 0.717) is 13.2 Å². The Hall–Kier alpha value is -4.40. The van der Waals surface area contributed by atoms with Gasteiger partial charge in [0, 0.05) is 42.6 Å². The van der Waals surface area contributed by atoms with E-state index in [1.807, 2.05) is 91.0 Å². The maximum atomic E-state index is 5.85. The molecule has 0 aliphatic carbocycles. The normalized spacial score (nSPS) is 14.6. The fraction of sp³-hybridized carbons (Fsp3) is 0.312. The first-order chi connectivity index (χ1) is 27.0. The molecule has 56 heavy (non-hydrogen) atoms. The van der Waals surface area contributed by atoms with Crippen molar-refractivity contribution in [3.05, 3.63) is 163 Å². The van der Waals surface area contributed by atoms with Crippen LogP contribution in [0, 0.1) is 36.0 Å². The van der Waals surface area contributed by atoms with Crippen molar-refractivity contribution >= 4 is 0 Å². The Morgan fingerprint density at radius 2 is 0.929 bits per heavy atom. The molecule has 0 amide bonds. The maximum absolute atomic E-state index is 5.85. The molecule has 290 valence electrons. The second kappa shape index (κ2) is 21.8. The molecule has 6 aromatic rings. The van der Waals surface area contributed by atoms with Crippen molar-refractivity contribution in [1.82, 2.24) is 15.0 Å². The molecule has 3 aromatic carbocycles. The first-order valence-corrected chi connectivity index (χ1v) is 19.0. The van der Waals surface area contributed by atoms with Crippen LogP contribution in [0.2, 0.25) is 0 Å². The largest absolute Gasteiger partial charge is 3.00 e. The molecule has 5 heterocycles. The van der Waals surface area contributed by atoms with Crippen molar-refractivity contribution in [1.29, 1.82) is 0 Å². The fourth-order valence-electron chi connectivity index (χ4n) is 5.97. The number of nitrogens with zero attached hydrogens (tertiary/aromatic N) is 3. The topological polar surface area (TPSA) is 75.6 Å². The average molecular weight is 925 g/mol. The standard InChI is InChI=1S/2C18H20NO2.C12H10N.Ir/c2*1-2-18(13-21-14-18)12-20-11-15-6-8-16(9-7-15)17-5-3-4-10-19-17;1-10-5-7-11(8-6-10)12-4-2-3-9-13-12;/h2*3-8,10H,2,11-14H2,1H3;2-7,9H,1H3;/q3*-1;+3. The Morgan fingerprint density at radius 1 is 0.536 bits per heavy atom. The van der Waals surface area contributed by atoms with E-state index in [-0.39, 0.29) is 30.9 Å². The minimum absolute atomic E-state index is 0. The molecule has 7 nitrogen and oxygen atoms in total. The zero-order valence-corrected chi connectivity index (χ0v) is 34.9.